The summed E-state index contributed by atoms with van der Waals surface area (Å²) in [7, 11) is -3.91. The third-order valence-corrected chi connectivity index (χ3v) is 4.01. The first-order valence-corrected chi connectivity index (χ1v) is 6.98. The number of carboxylic acid groups (broad SMARTS) is 1. The maximum atomic E-state index is 12.0. The van der Waals surface area contributed by atoms with Gasteiger partial charge in [-0.05, 0) is 25.0 Å². The number of carboxylic acids is 1. The molecule has 0 fully saturated rings. The van der Waals surface area contributed by atoms with Gasteiger partial charge in [0.1, 0.15) is 0 Å². The van der Waals surface area contributed by atoms with E-state index in [1.807, 2.05) is 0 Å². The molecule has 0 bridgehead atoms. The van der Waals surface area contributed by atoms with E-state index < -0.39 is 22.2 Å². The van der Waals surface area contributed by atoms with Crippen LogP contribution in [0.25, 0.3) is 0 Å². The summed E-state index contributed by atoms with van der Waals surface area (Å²) in [5.74, 6) is -1.08. The van der Waals surface area contributed by atoms with Gasteiger partial charge in [-0.3, -0.25) is 8.98 Å². The Morgan fingerprint density at radius 1 is 1.39 bits per heavy atom. The van der Waals surface area contributed by atoms with Crippen molar-refractivity contribution in [2.24, 2.45) is 0 Å². The van der Waals surface area contributed by atoms with Crippen molar-refractivity contribution >= 4 is 16.1 Å². The monoisotopic (exact) mass is 272 g/mol. The quantitative estimate of drug-likeness (QED) is 0.800. The zero-order valence-electron chi connectivity index (χ0n) is 10.3. The van der Waals surface area contributed by atoms with E-state index in [4.69, 9.17) is 9.29 Å². The molecule has 1 atom stereocenters. The molecule has 0 aliphatic rings. The Morgan fingerprint density at radius 2 is 2.00 bits per heavy atom. The summed E-state index contributed by atoms with van der Waals surface area (Å²) in [6, 6.07) is 6.43. The van der Waals surface area contributed by atoms with Crippen molar-refractivity contribution in [3.05, 3.63) is 29.8 Å². The second-order valence-electron chi connectivity index (χ2n) is 3.94. The molecular weight excluding hydrogens is 256 g/mol. The van der Waals surface area contributed by atoms with Crippen LogP contribution < -0.4 is 0 Å². The molecule has 0 saturated carbocycles. The van der Waals surface area contributed by atoms with Gasteiger partial charge in [-0.15, -0.1) is 0 Å². The number of aliphatic carboxylic acids is 1. The number of hydrogen-bond donors (Lipinski definition) is 1. The molecule has 6 heteroatoms. The van der Waals surface area contributed by atoms with E-state index in [0.29, 0.717) is 12.0 Å². The van der Waals surface area contributed by atoms with Crippen LogP contribution in [0.15, 0.2) is 29.2 Å². The Hall–Kier alpha value is -1.40. The standard InChI is InChI=1S/C12H16O5S/c1-3-10(8-12(13)14)17-18(15,16)11-7-5-4-6-9(11)2/h4-7,10H,3,8H2,1-2H3,(H,13,14). The van der Waals surface area contributed by atoms with Crippen LogP contribution in [0.2, 0.25) is 0 Å². The van der Waals surface area contributed by atoms with Crippen LogP contribution in [-0.2, 0) is 19.1 Å². The molecule has 0 aliphatic carbocycles. The molecule has 0 aromatic heterocycles. The topological polar surface area (TPSA) is 80.7 Å². The molecule has 0 aliphatic heterocycles. The van der Waals surface area contributed by atoms with E-state index in [9.17, 15) is 13.2 Å². The minimum absolute atomic E-state index is 0.0776. The number of hydrogen-bond acceptors (Lipinski definition) is 4. The van der Waals surface area contributed by atoms with Crippen LogP contribution in [-0.4, -0.2) is 25.6 Å². The zero-order valence-corrected chi connectivity index (χ0v) is 11.1. The number of carbonyl (C=O) groups is 1. The molecule has 0 heterocycles. The lowest BCUT2D eigenvalue weighted by Crippen LogP contribution is -2.21. The Balaban J connectivity index is 2.94. The van der Waals surface area contributed by atoms with E-state index in [1.54, 1.807) is 32.0 Å². The predicted molar refractivity (Wildman–Crippen MR) is 65.8 cm³/mol. The maximum absolute atomic E-state index is 12.0. The van der Waals surface area contributed by atoms with E-state index in [-0.39, 0.29) is 11.3 Å². The minimum atomic E-state index is -3.91. The van der Waals surface area contributed by atoms with Gasteiger partial charge in [-0.1, -0.05) is 25.1 Å². The third kappa shape index (κ3) is 3.82. The van der Waals surface area contributed by atoms with Gasteiger partial charge in [-0.25, -0.2) is 0 Å². The molecule has 1 unspecified atom stereocenters. The molecule has 0 saturated heterocycles. The van der Waals surface area contributed by atoms with Gasteiger partial charge < -0.3 is 5.11 Å². The van der Waals surface area contributed by atoms with E-state index in [2.05, 4.69) is 0 Å². The summed E-state index contributed by atoms with van der Waals surface area (Å²) in [6.07, 6.45) is -0.856. The lowest BCUT2D eigenvalue weighted by atomic mass is 10.2. The lowest BCUT2D eigenvalue weighted by Gasteiger charge is -2.14. The van der Waals surface area contributed by atoms with E-state index in [1.165, 1.54) is 6.07 Å². The highest BCUT2D eigenvalue weighted by atomic mass is 32.2. The highest BCUT2D eigenvalue weighted by Gasteiger charge is 2.23. The Morgan fingerprint density at radius 3 is 2.50 bits per heavy atom. The van der Waals surface area contributed by atoms with Crippen molar-refractivity contribution in [3.63, 3.8) is 0 Å². The summed E-state index contributed by atoms with van der Waals surface area (Å²) < 4.78 is 28.9. The molecule has 0 amide bonds. The highest BCUT2D eigenvalue weighted by Crippen LogP contribution is 2.20. The van der Waals surface area contributed by atoms with Gasteiger partial charge in [-0.2, -0.15) is 8.42 Å². The van der Waals surface area contributed by atoms with Crippen molar-refractivity contribution in [1.29, 1.82) is 0 Å². The summed E-state index contributed by atoms with van der Waals surface area (Å²) in [5, 5.41) is 8.66. The van der Waals surface area contributed by atoms with Crippen molar-refractivity contribution < 1.29 is 22.5 Å². The van der Waals surface area contributed by atoms with Crippen molar-refractivity contribution in [1.82, 2.24) is 0 Å². The van der Waals surface area contributed by atoms with Crippen LogP contribution in [0.5, 0.6) is 0 Å². The Bertz CT molecular complexity index is 521. The average Bonchev–Trinajstić information content (AvgIpc) is 2.27. The predicted octanol–water partition coefficient (Wildman–Crippen LogP) is 1.95. The van der Waals surface area contributed by atoms with Gasteiger partial charge in [0.25, 0.3) is 10.1 Å². The van der Waals surface area contributed by atoms with Crippen LogP contribution in [0, 0.1) is 6.92 Å². The summed E-state index contributed by atoms with van der Waals surface area (Å²) in [5.41, 5.74) is 0.572. The first-order valence-electron chi connectivity index (χ1n) is 5.57. The number of aryl methyl sites for hydroxylation is 1. The molecule has 1 aromatic carbocycles. The highest BCUT2D eigenvalue weighted by molar-refractivity contribution is 7.86. The van der Waals surface area contributed by atoms with Crippen molar-refractivity contribution in [2.75, 3.05) is 0 Å². The summed E-state index contributed by atoms with van der Waals surface area (Å²) in [4.78, 5) is 10.7. The molecule has 100 valence electrons. The fourth-order valence-corrected chi connectivity index (χ4v) is 2.88. The molecule has 1 N–H and O–H groups in total. The fourth-order valence-electron chi connectivity index (χ4n) is 1.51. The van der Waals surface area contributed by atoms with Crippen LogP contribution in [0.4, 0.5) is 0 Å². The van der Waals surface area contributed by atoms with Gasteiger partial charge in [0.05, 0.1) is 17.4 Å². The minimum Gasteiger partial charge on any atom is -0.481 e. The molecule has 5 nitrogen and oxygen atoms in total. The zero-order chi connectivity index (χ0) is 13.8. The third-order valence-electron chi connectivity index (χ3n) is 2.48. The normalized spacial score (nSPS) is 13.2. The molecular formula is C12H16O5S. The summed E-state index contributed by atoms with van der Waals surface area (Å²) >= 11 is 0. The maximum Gasteiger partial charge on any atom is 0.306 e. The van der Waals surface area contributed by atoms with Gasteiger partial charge in [0, 0.05) is 0 Å². The van der Waals surface area contributed by atoms with Crippen molar-refractivity contribution in [2.45, 2.75) is 37.7 Å². The number of benzene rings is 1. The van der Waals surface area contributed by atoms with Gasteiger partial charge in [0.15, 0.2) is 0 Å². The van der Waals surface area contributed by atoms with E-state index in [0.717, 1.165) is 0 Å². The molecule has 0 spiro atoms. The first-order chi connectivity index (χ1) is 8.36. The summed E-state index contributed by atoms with van der Waals surface area (Å²) in [6.45, 7) is 3.34. The fraction of sp³-hybridized carbons (Fsp3) is 0.417. The SMILES string of the molecule is CCC(CC(=O)O)OS(=O)(=O)c1ccccc1C. The van der Waals surface area contributed by atoms with Crippen LogP contribution >= 0.6 is 0 Å². The molecule has 0 radical (unpaired) electrons. The van der Waals surface area contributed by atoms with Crippen molar-refractivity contribution in [3.8, 4) is 0 Å². The van der Waals surface area contributed by atoms with E-state index >= 15 is 0 Å². The second-order valence-corrected chi connectivity index (χ2v) is 5.48. The van der Waals surface area contributed by atoms with Crippen LogP contribution in [0.3, 0.4) is 0 Å². The van der Waals surface area contributed by atoms with Crippen LogP contribution in [0.1, 0.15) is 25.3 Å². The average molecular weight is 272 g/mol. The Labute approximate surface area is 107 Å². The van der Waals surface area contributed by atoms with Gasteiger partial charge in [0.2, 0.25) is 0 Å². The molecule has 1 rings (SSSR count). The lowest BCUT2D eigenvalue weighted by molar-refractivity contribution is -0.138. The smallest absolute Gasteiger partial charge is 0.306 e. The second kappa shape index (κ2) is 5.97. The number of rotatable bonds is 6. The largest absolute Gasteiger partial charge is 0.481 e. The first kappa shape index (κ1) is 14.7. The molecule has 1 aromatic rings. The Kier molecular flexibility index (Phi) is 4.86. The van der Waals surface area contributed by atoms with Gasteiger partial charge >= 0.3 is 5.97 Å². The molecule has 18 heavy (non-hydrogen) atoms.